The van der Waals surface area contributed by atoms with Crippen molar-refractivity contribution >= 4 is 21.8 Å². The smallest absolute Gasteiger partial charge is 0.0998 e. The highest BCUT2D eigenvalue weighted by Crippen LogP contribution is 2.42. The largest absolute Gasteiger partial charge is 0.308 e. The fourth-order valence-corrected chi connectivity index (χ4v) is 5.71. The molecule has 0 unspecified atom stereocenters. The quantitative estimate of drug-likeness (QED) is 0.232. The second kappa shape index (κ2) is 9.97. The molecule has 0 N–H and O–H groups in total. The van der Waals surface area contributed by atoms with E-state index in [1.54, 1.807) is 12.4 Å². The second-order valence-electron chi connectivity index (χ2n) is 9.87. The molecule has 2 aromatic heterocycles. The number of fused-ring (bicyclic) bond motifs is 3. The zero-order valence-corrected chi connectivity index (χ0v) is 22.0. The molecule has 4 heteroatoms. The normalized spacial score (nSPS) is 10.9. The van der Waals surface area contributed by atoms with E-state index >= 15 is 0 Å². The van der Waals surface area contributed by atoms with Crippen LogP contribution in [0.1, 0.15) is 11.1 Å². The maximum absolute atomic E-state index is 10.3. The number of nitriles is 2. The summed E-state index contributed by atoms with van der Waals surface area (Å²) < 4.78 is 2.33. The molecule has 41 heavy (non-hydrogen) atoms. The van der Waals surface area contributed by atoms with Crippen molar-refractivity contribution < 1.29 is 0 Å². The molecule has 7 rings (SSSR count). The Kier molecular flexibility index (Phi) is 5.86. The van der Waals surface area contributed by atoms with Gasteiger partial charge in [0.1, 0.15) is 0 Å². The Bertz CT molecular complexity index is 2140. The lowest BCUT2D eigenvalue weighted by atomic mass is 9.93. The summed E-state index contributed by atoms with van der Waals surface area (Å²) in [6.45, 7) is 0. The van der Waals surface area contributed by atoms with Gasteiger partial charge in [-0.3, -0.25) is 4.98 Å². The van der Waals surface area contributed by atoms with Gasteiger partial charge in [0.05, 0.1) is 40.0 Å². The average molecular weight is 523 g/mol. The van der Waals surface area contributed by atoms with E-state index in [4.69, 9.17) is 0 Å². The minimum Gasteiger partial charge on any atom is -0.308 e. The Morgan fingerprint density at radius 3 is 1.98 bits per heavy atom. The van der Waals surface area contributed by atoms with E-state index in [2.05, 4.69) is 82.4 Å². The first-order valence-electron chi connectivity index (χ1n) is 13.3. The van der Waals surface area contributed by atoms with Gasteiger partial charge in [0, 0.05) is 39.9 Å². The van der Waals surface area contributed by atoms with Crippen molar-refractivity contribution in [1.82, 2.24) is 9.55 Å². The zero-order valence-electron chi connectivity index (χ0n) is 22.0. The minimum absolute atomic E-state index is 0.604. The van der Waals surface area contributed by atoms with Gasteiger partial charge in [-0.05, 0) is 59.2 Å². The summed E-state index contributed by atoms with van der Waals surface area (Å²) in [5.41, 5.74) is 10.2. The Morgan fingerprint density at radius 1 is 0.537 bits per heavy atom. The van der Waals surface area contributed by atoms with Crippen LogP contribution in [-0.2, 0) is 0 Å². The van der Waals surface area contributed by atoms with Crippen molar-refractivity contribution in [3.05, 3.63) is 145 Å². The molecule has 0 amide bonds. The Labute approximate surface area is 237 Å². The van der Waals surface area contributed by atoms with E-state index in [0.717, 1.165) is 60.9 Å². The molecule has 0 radical (unpaired) electrons. The maximum atomic E-state index is 10.3. The number of hydrogen-bond acceptors (Lipinski definition) is 3. The van der Waals surface area contributed by atoms with Crippen LogP contribution in [0.3, 0.4) is 0 Å². The molecule has 0 fully saturated rings. The average Bonchev–Trinajstić information content (AvgIpc) is 3.39. The first-order valence-corrected chi connectivity index (χ1v) is 13.3. The molecule has 0 bridgehead atoms. The zero-order chi connectivity index (χ0) is 27.8. The Morgan fingerprint density at radius 2 is 1.22 bits per heavy atom. The Balaban J connectivity index is 1.64. The van der Waals surface area contributed by atoms with Crippen LogP contribution in [-0.4, -0.2) is 9.55 Å². The lowest BCUT2D eigenvalue weighted by Gasteiger charge is -2.18. The number of nitrogens with zero attached hydrogens (tertiary/aromatic N) is 4. The van der Waals surface area contributed by atoms with Crippen LogP contribution < -0.4 is 0 Å². The number of aromatic nitrogens is 2. The van der Waals surface area contributed by atoms with Crippen molar-refractivity contribution in [2.75, 3.05) is 0 Å². The molecular weight excluding hydrogens is 500 g/mol. The minimum atomic E-state index is 0.604. The highest BCUT2D eigenvalue weighted by atomic mass is 15.0. The molecule has 7 aromatic rings. The molecule has 0 atom stereocenters. The van der Waals surface area contributed by atoms with Gasteiger partial charge in [-0.15, -0.1) is 0 Å². The van der Waals surface area contributed by atoms with Gasteiger partial charge in [0.15, 0.2) is 0 Å². The number of para-hydroxylation sites is 2. The van der Waals surface area contributed by atoms with Crippen LogP contribution in [0.4, 0.5) is 0 Å². The van der Waals surface area contributed by atoms with Gasteiger partial charge >= 0.3 is 0 Å². The highest BCUT2D eigenvalue weighted by molar-refractivity contribution is 6.14. The molecule has 0 aliphatic carbocycles. The van der Waals surface area contributed by atoms with Gasteiger partial charge in [-0.2, -0.15) is 10.5 Å². The predicted molar refractivity (Wildman–Crippen MR) is 164 cm³/mol. The van der Waals surface area contributed by atoms with Crippen molar-refractivity contribution in [2.45, 2.75) is 0 Å². The SMILES string of the molecule is N#Cc1ccc(-c2cccc3c4ccccc4n(-c4cc(-c5ccncc5)c(C#N)cc4-c4ccccc4)c23)cc1. The van der Waals surface area contributed by atoms with Crippen LogP contribution in [0.15, 0.2) is 134 Å². The van der Waals surface area contributed by atoms with Crippen LogP contribution in [0.25, 0.3) is 60.9 Å². The molecule has 0 aliphatic rings. The molecule has 0 spiro atoms. The third kappa shape index (κ3) is 4.03. The third-order valence-corrected chi connectivity index (χ3v) is 7.59. The summed E-state index contributed by atoms with van der Waals surface area (Å²) in [5.74, 6) is 0. The highest BCUT2D eigenvalue weighted by Gasteiger charge is 2.21. The summed E-state index contributed by atoms with van der Waals surface area (Å²) in [6.07, 6.45) is 3.51. The van der Waals surface area contributed by atoms with Gasteiger partial charge in [0.2, 0.25) is 0 Å². The fourth-order valence-electron chi connectivity index (χ4n) is 5.71. The lowest BCUT2D eigenvalue weighted by Crippen LogP contribution is -2.01. The number of benzene rings is 5. The van der Waals surface area contributed by atoms with Gasteiger partial charge in [0.25, 0.3) is 0 Å². The predicted octanol–water partition coefficient (Wildman–Crippen LogP) is 8.92. The molecule has 2 heterocycles. The van der Waals surface area contributed by atoms with Crippen LogP contribution in [0.2, 0.25) is 0 Å². The topological polar surface area (TPSA) is 65.4 Å². The Hall–Kier alpha value is -5.97. The summed E-state index contributed by atoms with van der Waals surface area (Å²) >= 11 is 0. The van der Waals surface area contributed by atoms with E-state index < -0.39 is 0 Å². The molecule has 0 saturated carbocycles. The summed E-state index contributed by atoms with van der Waals surface area (Å²) in [5, 5.41) is 21.9. The van der Waals surface area contributed by atoms with E-state index in [-0.39, 0.29) is 0 Å². The summed E-state index contributed by atoms with van der Waals surface area (Å²) in [6, 6.07) is 45.5. The number of hydrogen-bond donors (Lipinski definition) is 0. The van der Waals surface area contributed by atoms with Crippen LogP contribution >= 0.6 is 0 Å². The van der Waals surface area contributed by atoms with Crippen LogP contribution in [0.5, 0.6) is 0 Å². The molecule has 0 saturated heterocycles. The standard InChI is InChI=1S/C37H22N4/c38-23-25-13-15-27(16-14-25)30-10-6-11-32-31-9-4-5-12-35(31)41(37(30)32)36-22-33(28-17-19-40-20-18-28)29(24-39)21-34(36)26-7-2-1-3-8-26/h1-22H. The third-order valence-electron chi connectivity index (χ3n) is 7.59. The molecule has 4 nitrogen and oxygen atoms in total. The summed E-state index contributed by atoms with van der Waals surface area (Å²) in [4.78, 5) is 4.19. The van der Waals surface area contributed by atoms with E-state index in [1.165, 1.54) is 0 Å². The van der Waals surface area contributed by atoms with E-state index in [0.29, 0.717) is 11.1 Å². The van der Waals surface area contributed by atoms with E-state index in [1.807, 2.05) is 60.7 Å². The first kappa shape index (κ1) is 24.1. The molecule has 0 aliphatic heterocycles. The monoisotopic (exact) mass is 522 g/mol. The van der Waals surface area contributed by atoms with Crippen LogP contribution in [0, 0.1) is 22.7 Å². The fraction of sp³-hybridized carbons (Fsp3) is 0. The van der Waals surface area contributed by atoms with Crippen molar-refractivity contribution in [2.24, 2.45) is 0 Å². The maximum Gasteiger partial charge on any atom is 0.0998 e. The first-order chi connectivity index (χ1) is 20.3. The molecule has 190 valence electrons. The van der Waals surface area contributed by atoms with Crippen molar-refractivity contribution in [3.63, 3.8) is 0 Å². The van der Waals surface area contributed by atoms with Gasteiger partial charge in [-0.1, -0.05) is 78.9 Å². The number of rotatable bonds is 4. The second-order valence-corrected chi connectivity index (χ2v) is 9.87. The summed E-state index contributed by atoms with van der Waals surface area (Å²) in [7, 11) is 0. The lowest BCUT2D eigenvalue weighted by molar-refractivity contribution is 1.18. The van der Waals surface area contributed by atoms with Crippen molar-refractivity contribution in [1.29, 1.82) is 10.5 Å². The number of pyridine rings is 1. The molecular formula is C37H22N4. The van der Waals surface area contributed by atoms with E-state index in [9.17, 15) is 10.5 Å². The molecule has 5 aromatic carbocycles. The van der Waals surface area contributed by atoms with Gasteiger partial charge in [-0.25, -0.2) is 0 Å². The van der Waals surface area contributed by atoms with Crippen molar-refractivity contribution in [3.8, 4) is 51.2 Å². The van der Waals surface area contributed by atoms with Gasteiger partial charge < -0.3 is 4.57 Å².